The predicted molar refractivity (Wildman–Crippen MR) is 101 cm³/mol. The number of likely N-dealkylation sites (N-methyl/N-ethyl adjacent to an activating group) is 1. The molecule has 0 radical (unpaired) electrons. The highest BCUT2D eigenvalue weighted by Gasteiger charge is 2.41. The van der Waals surface area contributed by atoms with Crippen LogP contribution in [0.5, 0.6) is 0 Å². The highest BCUT2D eigenvalue weighted by Crippen LogP contribution is 2.39. The van der Waals surface area contributed by atoms with E-state index in [-0.39, 0.29) is 17.6 Å². The van der Waals surface area contributed by atoms with Crippen molar-refractivity contribution >= 4 is 21.8 Å². The van der Waals surface area contributed by atoms with E-state index >= 15 is 0 Å². The third-order valence-electron chi connectivity index (χ3n) is 5.40. The van der Waals surface area contributed by atoms with Gasteiger partial charge in [-0.05, 0) is 31.5 Å². The van der Waals surface area contributed by atoms with Gasteiger partial charge in [0.15, 0.2) is 0 Å². The minimum atomic E-state index is -0.254. The van der Waals surface area contributed by atoms with Crippen LogP contribution in [0, 0.1) is 17.7 Å². The zero-order valence-electron chi connectivity index (χ0n) is 15.0. The van der Waals surface area contributed by atoms with Crippen LogP contribution in [-0.2, 0) is 11.3 Å². The lowest BCUT2D eigenvalue weighted by Gasteiger charge is -2.34. The molecular formula is C19H27BrFN3O. The summed E-state index contributed by atoms with van der Waals surface area (Å²) in [5, 5.41) is 0. The normalized spacial score (nSPS) is 24.3. The average Bonchev–Trinajstić information content (AvgIpc) is 3.31. The summed E-state index contributed by atoms with van der Waals surface area (Å²) in [5.74, 6) is 0.527. The summed E-state index contributed by atoms with van der Waals surface area (Å²) in [6.07, 6.45) is 0.965. The second-order valence-electron chi connectivity index (χ2n) is 7.46. The maximum absolute atomic E-state index is 14.2. The van der Waals surface area contributed by atoms with Gasteiger partial charge in [-0.25, -0.2) is 4.39 Å². The smallest absolute Gasteiger partial charge is 0.226 e. The van der Waals surface area contributed by atoms with Gasteiger partial charge in [0.25, 0.3) is 0 Å². The number of rotatable bonds is 6. The molecule has 4 nitrogen and oxygen atoms in total. The number of halogens is 2. The Morgan fingerprint density at radius 2 is 2.00 bits per heavy atom. The van der Waals surface area contributed by atoms with Gasteiger partial charge in [-0.3, -0.25) is 9.69 Å². The van der Waals surface area contributed by atoms with Crippen molar-refractivity contribution in [1.82, 2.24) is 14.7 Å². The molecular weight excluding hydrogens is 385 g/mol. The molecule has 1 aliphatic carbocycles. The molecule has 1 amide bonds. The number of nitrogens with zero attached hydrogens (tertiary/aromatic N) is 3. The molecule has 0 unspecified atom stereocenters. The Labute approximate surface area is 158 Å². The summed E-state index contributed by atoms with van der Waals surface area (Å²) in [7, 11) is 2.14. The van der Waals surface area contributed by atoms with E-state index in [1.54, 1.807) is 6.07 Å². The zero-order valence-corrected chi connectivity index (χ0v) is 16.6. The zero-order chi connectivity index (χ0) is 18.0. The highest BCUT2D eigenvalue weighted by atomic mass is 79.9. The molecule has 1 aliphatic heterocycles. The molecule has 2 fully saturated rings. The molecule has 0 spiro atoms. The molecule has 1 saturated heterocycles. The minimum Gasteiger partial charge on any atom is -0.337 e. The summed E-state index contributed by atoms with van der Waals surface area (Å²) in [5.41, 5.74) is 0.586. The van der Waals surface area contributed by atoms with Crippen molar-refractivity contribution in [3.05, 3.63) is 34.1 Å². The first kappa shape index (κ1) is 18.8. The van der Waals surface area contributed by atoms with E-state index in [1.807, 2.05) is 11.0 Å². The van der Waals surface area contributed by atoms with Crippen LogP contribution in [0.4, 0.5) is 4.39 Å². The fraction of sp³-hybridized carbons (Fsp3) is 0.632. The number of benzene rings is 1. The molecule has 0 aromatic heterocycles. The van der Waals surface area contributed by atoms with Crippen molar-refractivity contribution in [2.45, 2.75) is 19.9 Å². The van der Waals surface area contributed by atoms with Gasteiger partial charge in [0.1, 0.15) is 5.82 Å². The van der Waals surface area contributed by atoms with E-state index in [4.69, 9.17) is 0 Å². The van der Waals surface area contributed by atoms with Crippen LogP contribution in [0.25, 0.3) is 0 Å². The van der Waals surface area contributed by atoms with Gasteiger partial charge in [0, 0.05) is 61.8 Å². The summed E-state index contributed by atoms with van der Waals surface area (Å²) in [4.78, 5) is 19.4. The summed E-state index contributed by atoms with van der Waals surface area (Å²) < 4.78 is 14.9. The average molecular weight is 412 g/mol. The highest BCUT2D eigenvalue weighted by molar-refractivity contribution is 9.10. The van der Waals surface area contributed by atoms with Gasteiger partial charge in [0.05, 0.1) is 0 Å². The maximum Gasteiger partial charge on any atom is 0.226 e. The lowest BCUT2D eigenvalue weighted by atomic mass is 10.1. The number of amides is 1. The van der Waals surface area contributed by atoms with Crippen LogP contribution in [0.3, 0.4) is 0 Å². The molecule has 6 heteroatoms. The largest absolute Gasteiger partial charge is 0.337 e. The Hall–Kier alpha value is -0.980. The van der Waals surface area contributed by atoms with Crippen LogP contribution in [0.15, 0.2) is 22.7 Å². The van der Waals surface area contributed by atoms with Crippen molar-refractivity contribution in [2.24, 2.45) is 11.8 Å². The number of hydrogen-bond acceptors (Lipinski definition) is 3. The van der Waals surface area contributed by atoms with Gasteiger partial charge in [-0.15, -0.1) is 0 Å². The van der Waals surface area contributed by atoms with Crippen LogP contribution >= 0.6 is 15.9 Å². The van der Waals surface area contributed by atoms with Crippen LogP contribution in [0.2, 0.25) is 0 Å². The fourth-order valence-electron chi connectivity index (χ4n) is 3.36. The van der Waals surface area contributed by atoms with Gasteiger partial charge in [-0.2, -0.15) is 0 Å². The van der Waals surface area contributed by atoms with E-state index < -0.39 is 0 Å². The van der Waals surface area contributed by atoms with E-state index in [2.05, 4.69) is 39.7 Å². The summed E-state index contributed by atoms with van der Waals surface area (Å²) in [6, 6.07) is 5.07. The van der Waals surface area contributed by atoms with Gasteiger partial charge < -0.3 is 9.80 Å². The molecule has 3 rings (SSSR count). The van der Waals surface area contributed by atoms with Crippen LogP contribution in [-0.4, -0.2) is 66.9 Å². The Morgan fingerprint density at radius 3 is 2.60 bits per heavy atom. The second kappa shape index (κ2) is 8.14. The molecule has 1 heterocycles. The third-order valence-corrected chi connectivity index (χ3v) is 5.89. The Balaban J connectivity index is 1.63. The van der Waals surface area contributed by atoms with Crippen molar-refractivity contribution < 1.29 is 9.18 Å². The summed E-state index contributed by atoms with van der Waals surface area (Å²) >= 11 is 3.29. The molecule has 2 aliphatic rings. The first-order valence-corrected chi connectivity index (χ1v) is 9.87. The lowest BCUT2D eigenvalue weighted by Crippen LogP contribution is -2.47. The van der Waals surface area contributed by atoms with Crippen molar-refractivity contribution in [3.8, 4) is 0 Å². The first-order chi connectivity index (χ1) is 11.9. The number of piperazine rings is 1. The number of carbonyl (C=O) groups is 1. The van der Waals surface area contributed by atoms with Crippen molar-refractivity contribution in [3.63, 3.8) is 0 Å². The molecule has 0 N–H and O–H groups in total. The third kappa shape index (κ3) is 5.02. The van der Waals surface area contributed by atoms with Crippen LogP contribution < -0.4 is 0 Å². The molecule has 1 aromatic carbocycles. The van der Waals surface area contributed by atoms with E-state index in [1.165, 1.54) is 6.07 Å². The monoisotopic (exact) mass is 411 g/mol. The fourth-order valence-corrected chi connectivity index (χ4v) is 3.69. The molecule has 25 heavy (non-hydrogen) atoms. The van der Waals surface area contributed by atoms with E-state index in [9.17, 15) is 9.18 Å². The minimum absolute atomic E-state index is 0.131. The molecule has 1 aromatic rings. The molecule has 138 valence electrons. The van der Waals surface area contributed by atoms with Crippen molar-refractivity contribution in [2.75, 3.05) is 46.3 Å². The quantitative estimate of drug-likeness (QED) is 0.719. The Morgan fingerprint density at radius 1 is 1.32 bits per heavy atom. The topological polar surface area (TPSA) is 26.8 Å². The predicted octanol–water partition coefficient (Wildman–Crippen LogP) is 2.82. The Kier molecular flexibility index (Phi) is 6.12. The number of carbonyl (C=O) groups excluding carboxylic acids is 1. The molecule has 2 atom stereocenters. The van der Waals surface area contributed by atoms with Gasteiger partial charge in [0.2, 0.25) is 5.91 Å². The standard InChI is InChI=1S/C19H27BrFN3O/c1-14-11-17(14)19(25)24(10-9-23-7-5-22(2)6-8-23)13-15-3-4-16(20)12-18(15)21/h3-4,12,14,17H,5-11,13H2,1-2H3/t14-,17+/m0/s1. The van der Waals surface area contributed by atoms with Crippen LogP contribution in [0.1, 0.15) is 18.9 Å². The van der Waals surface area contributed by atoms with Crippen molar-refractivity contribution in [1.29, 1.82) is 0 Å². The SMILES string of the molecule is C[C@H]1C[C@H]1C(=O)N(CCN1CCN(C)CC1)Cc1ccc(Br)cc1F. The first-order valence-electron chi connectivity index (χ1n) is 9.07. The maximum atomic E-state index is 14.2. The molecule has 1 saturated carbocycles. The van der Waals surface area contributed by atoms with E-state index in [0.717, 1.165) is 43.6 Å². The number of hydrogen-bond donors (Lipinski definition) is 0. The second-order valence-corrected chi connectivity index (χ2v) is 8.38. The molecule has 0 bridgehead atoms. The van der Waals surface area contributed by atoms with E-state index in [0.29, 0.717) is 24.6 Å². The lowest BCUT2D eigenvalue weighted by molar-refractivity contribution is -0.133. The van der Waals surface area contributed by atoms with Gasteiger partial charge in [-0.1, -0.05) is 28.9 Å². The Bertz CT molecular complexity index is 619. The van der Waals surface area contributed by atoms with Gasteiger partial charge >= 0.3 is 0 Å². The summed E-state index contributed by atoms with van der Waals surface area (Å²) in [6.45, 7) is 8.19.